The normalized spacial score (nSPS) is 44.9. The van der Waals surface area contributed by atoms with Gasteiger partial charge in [-0.25, -0.2) is 0 Å². The van der Waals surface area contributed by atoms with Gasteiger partial charge in [-0.3, -0.25) is 9.59 Å². The maximum atomic E-state index is 11.5. The third kappa shape index (κ3) is 0.925. The molecule has 4 aliphatic rings. The largest absolute Gasteiger partial charge is 0.393 e. The minimum absolute atomic E-state index is 0.167. The molecule has 0 aromatic heterocycles. The molecule has 1 saturated carbocycles. The molecule has 0 radical (unpaired) electrons. The molecule has 3 heteroatoms. The minimum atomic E-state index is -0.291. The van der Waals surface area contributed by atoms with Crippen LogP contribution in [0.25, 0.3) is 0 Å². The summed E-state index contributed by atoms with van der Waals surface area (Å²) in [7, 11) is 0. The van der Waals surface area contributed by atoms with Crippen molar-refractivity contribution in [3.05, 3.63) is 12.2 Å². The van der Waals surface area contributed by atoms with E-state index in [0.29, 0.717) is 0 Å². The van der Waals surface area contributed by atoms with E-state index in [1.165, 1.54) is 0 Å². The molecule has 2 bridgehead atoms. The van der Waals surface area contributed by atoms with Crippen LogP contribution in [0.2, 0.25) is 0 Å². The Bertz CT molecular complexity index is 301. The lowest BCUT2D eigenvalue weighted by molar-refractivity contribution is -0.154. The SMILES string of the molecule is O=C1OC(=O)[C@H]2[C@H]1[C@H]1C=C[C@H]2CCC1. The van der Waals surface area contributed by atoms with Crippen molar-refractivity contribution >= 4 is 11.9 Å². The number of carbonyl (C=O) groups is 2. The van der Waals surface area contributed by atoms with E-state index < -0.39 is 0 Å². The lowest BCUT2D eigenvalue weighted by Gasteiger charge is -2.25. The first kappa shape index (κ1) is 8.21. The number of hydrogen-bond acceptors (Lipinski definition) is 3. The average Bonchev–Trinajstić information content (AvgIpc) is 2.42. The standard InChI is InChI=1S/C11H12O3/c12-10-8-6-2-1-3-7(5-4-6)9(8)11(13)14-10/h4-9H,1-3H2/t6-,7-,8-,9-/m1/s1. The van der Waals surface area contributed by atoms with Gasteiger partial charge in [0.15, 0.2) is 0 Å². The van der Waals surface area contributed by atoms with Gasteiger partial charge in [0.25, 0.3) is 0 Å². The molecule has 1 saturated heterocycles. The number of carbonyl (C=O) groups excluding carboxylic acids is 2. The Morgan fingerprint density at radius 3 is 2.00 bits per heavy atom. The first-order valence-corrected chi connectivity index (χ1v) is 5.21. The van der Waals surface area contributed by atoms with E-state index in [4.69, 9.17) is 4.74 Å². The first-order valence-electron chi connectivity index (χ1n) is 5.21. The fourth-order valence-electron chi connectivity index (χ4n) is 3.08. The second-order valence-corrected chi connectivity index (χ2v) is 4.44. The molecule has 3 nitrogen and oxygen atoms in total. The molecule has 1 aliphatic heterocycles. The van der Waals surface area contributed by atoms with Crippen molar-refractivity contribution in [2.45, 2.75) is 19.3 Å². The zero-order valence-corrected chi connectivity index (χ0v) is 7.81. The highest BCUT2D eigenvalue weighted by molar-refractivity contribution is 5.97. The van der Waals surface area contributed by atoms with Gasteiger partial charge in [0.1, 0.15) is 0 Å². The molecule has 1 heterocycles. The smallest absolute Gasteiger partial charge is 0.318 e. The molecule has 2 fully saturated rings. The molecule has 0 N–H and O–H groups in total. The van der Waals surface area contributed by atoms with Gasteiger partial charge in [0.2, 0.25) is 0 Å². The molecule has 0 spiro atoms. The molecule has 0 aromatic rings. The predicted molar refractivity (Wildman–Crippen MR) is 48.1 cm³/mol. The number of hydrogen-bond donors (Lipinski definition) is 0. The topological polar surface area (TPSA) is 43.4 Å². The van der Waals surface area contributed by atoms with Gasteiger partial charge in [-0.1, -0.05) is 18.6 Å². The summed E-state index contributed by atoms with van der Waals surface area (Å²) in [6, 6.07) is 0. The van der Waals surface area contributed by atoms with Crippen molar-refractivity contribution in [1.29, 1.82) is 0 Å². The molecule has 3 aliphatic carbocycles. The molecule has 14 heavy (non-hydrogen) atoms. The fraction of sp³-hybridized carbons (Fsp3) is 0.636. The van der Waals surface area contributed by atoms with Crippen molar-refractivity contribution < 1.29 is 14.3 Å². The summed E-state index contributed by atoms with van der Waals surface area (Å²) in [6.45, 7) is 0. The molecule has 4 atom stereocenters. The Kier molecular flexibility index (Phi) is 1.58. The third-order valence-electron chi connectivity index (χ3n) is 3.74. The molecule has 0 aromatic carbocycles. The Balaban J connectivity index is 2.06. The van der Waals surface area contributed by atoms with Gasteiger partial charge in [0, 0.05) is 0 Å². The van der Waals surface area contributed by atoms with Crippen molar-refractivity contribution in [3.63, 3.8) is 0 Å². The molecule has 74 valence electrons. The molecule has 0 unspecified atom stereocenters. The minimum Gasteiger partial charge on any atom is -0.393 e. The summed E-state index contributed by atoms with van der Waals surface area (Å²) in [5.74, 6) is -0.419. The Hall–Kier alpha value is -1.12. The molecular formula is C11H12O3. The maximum Gasteiger partial charge on any atom is 0.318 e. The summed E-state index contributed by atoms with van der Waals surface area (Å²) in [5, 5.41) is 0. The van der Waals surface area contributed by atoms with Gasteiger partial charge in [-0.2, -0.15) is 0 Å². The summed E-state index contributed by atoms with van der Waals surface area (Å²) in [5.41, 5.74) is 0. The van der Waals surface area contributed by atoms with Crippen LogP contribution in [-0.2, 0) is 14.3 Å². The van der Waals surface area contributed by atoms with Crippen LogP contribution in [-0.4, -0.2) is 11.9 Å². The Morgan fingerprint density at radius 1 is 1.00 bits per heavy atom. The monoisotopic (exact) mass is 192 g/mol. The van der Waals surface area contributed by atoms with Crippen LogP contribution >= 0.6 is 0 Å². The number of ether oxygens (including phenoxy) is 1. The van der Waals surface area contributed by atoms with Crippen molar-refractivity contribution in [1.82, 2.24) is 0 Å². The number of allylic oxidation sites excluding steroid dienone is 2. The van der Waals surface area contributed by atoms with Crippen LogP contribution in [0.3, 0.4) is 0 Å². The summed E-state index contributed by atoms with van der Waals surface area (Å²) in [6.07, 6.45) is 7.39. The number of cyclic esters (lactones) is 2. The van der Waals surface area contributed by atoms with E-state index in [9.17, 15) is 9.59 Å². The molecular weight excluding hydrogens is 180 g/mol. The second kappa shape index (κ2) is 2.69. The van der Waals surface area contributed by atoms with Crippen LogP contribution in [0.15, 0.2) is 12.2 Å². The average molecular weight is 192 g/mol. The van der Waals surface area contributed by atoms with Crippen LogP contribution in [0, 0.1) is 23.7 Å². The van der Waals surface area contributed by atoms with Crippen molar-refractivity contribution in [2.24, 2.45) is 23.7 Å². The molecule has 4 rings (SSSR count). The quantitative estimate of drug-likeness (QED) is 0.330. The Morgan fingerprint density at radius 2 is 1.50 bits per heavy atom. The van der Waals surface area contributed by atoms with E-state index in [1.807, 2.05) is 0 Å². The van der Waals surface area contributed by atoms with Gasteiger partial charge in [0.05, 0.1) is 11.8 Å². The molecule has 0 amide bonds. The van der Waals surface area contributed by atoms with Crippen molar-refractivity contribution in [2.75, 3.05) is 0 Å². The second-order valence-electron chi connectivity index (χ2n) is 4.44. The van der Waals surface area contributed by atoms with E-state index in [0.717, 1.165) is 19.3 Å². The maximum absolute atomic E-state index is 11.5. The predicted octanol–water partition coefficient (Wildman–Crippen LogP) is 1.29. The lowest BCUT2D eigenvalue weighted by atomic mass is 9.73. The lowest BCUT2D eigenvalue weighted by Crippen LogP contribution is -2.31. The van der Waals surface area contributed by atoms with Gasteiger partial charge >= 0.3 is 11.9 Å². The van der Waals surface area contributed by atoms with Gasteiger partial charge < -0.3 is 4.74 Å². The van der Waals surface area contributed by atoms with Gasteiger partial charge in [-0.05, 0) is 24.7 Å². The summed E-state index contributed by atoms with van der Waals surface area (Å²) < 4.78 is 4.73. The van der Waals surface area contributed by atoms with Crippen LogP contribution < -0.4 is 0 Å². The highest BCUT2D eigenvalue weighted by Gasteiger charge is 2.53. The zero-order chi connectivity index (χ0) is 9.71. The summed E-state index contributed by atoms with van der Waals surface area (Å²) in [4.78, 5) is 23.0. The highest BCUT2D eigenvalue weighted by Crippen LogP contribution is 2.46. The van der Waals surface area contributed by atoms with Crippen molar-refractivity contribution in [3.8, 4) is 0 Å². The van der Waals surface area contributed by atoms with Crippen LogP contribution in [0.1, 0.15) is 19.3 Å². The number of rotatable bonds is 0. The van der Waals surface area contributed by atoms with Gasteiger partial charge in [-0.15, -0.1) is 0 Å². The van der Waals surface area contributed by atoms with Crippen LogP contribution in [0.5, 0.6) is 0 Å². The number of esters is 2. The highest BCUT2D eigenvalue weighted by atomic mass is 16.6. The first-order chi connectivity index (χ1) is 6.77. The number of fused-ring (bicyclic) bond motifs is 2. The van der Waals surface area contributed by atoms with E-state index in [2.05, 4.69) is 12.2 Å². The van der Waals surface area contributed by atoms with E-state index >= 15 is 0 Å². The third-order valence-corrected chi connectivity index (χ3v) is 3.74. The summed E-state index contributed by atoms with van der Waals surface area (Å²) >= 11 is 0. The van der Waals surface area contributed by atoms with E-state index in [-0.39, 0.29) is 35.6 Å². The van der Waals surface area contributed by atoms with Crippen LogP contribution in [0.4, 0.5) is 0 Å². The van der Waals surface area contributed by atoms with E-state index in [1.54, 1.807) is 0 Å². The fourth-order valence-corrected chi connectivity index (χ4v) is 3.08. The zero-order valence-electron chi connectivity index (χ0n) is 7.81. The Labute approximate surface area is 82.1 Å².